The fraction of sp³-hybridized carbons (Fsp3) is 0.400. The molecule has 0 bridgehead atoms. The van der Waals surface area contributed by atoms with Crippen molar-refractivity contribution in [2.24, 2.45) is 5.73 Å². The molecule has 0 saturated carbocycles. The minimum atomic E-state index is -3.90. The zero-order valence-electron chi connectivity index (χ0n) is 9.52. The molecule has 1 saturated heterocycles. The zero-order chi connectivity index (χ0) is 13.3. The number of hydrogen-bond donors (Lipinski definition) is 1. The van der Waals surface area contributed by atoms with E-state index in [1.807, 2.05) is 0 Å². The second-order valence-corrected chi connectivity index (χ2v) is 5.91. The van der Waals surface area contributed by atoms with Crippen molar-refractivity contribution in [1.29, 1.82) is 0 Å². The van der Waals surface area contributed by atoms with Crippen LogP contribution in [-0.2, 0) is 10.0 Å². The van der Waals surface area contributed by atoms with E-state index < -0.39 is 26.8 Å². The lowest BCUT2D eigenvalue weighted by Crippen LogP contribution is -2.41. The molecule has 0 aromatic heterocycles. The lowest BCUT2D eigenvalue weighted by Gasteiger charge is -2.20. The largest absolute Gasteiger partial charge is 0.315 e. The van der Waals surface area contributed by atoms with Crippen molar-refractivity contribution < 1.29 is 13.3 Å². The maximum absolute atomic E-state index is 12.3. The van der Waals surface area contributed by atoms with Crippen LogP contribution in [-0.4, -0.2) is 30.4 Å². The molecule has 18 heavy (non-hydrogen) atoms. The highest BCUT2D eigenvalue weighted by molar-refractivity contribution is 7.89. The molecule has 1 heterocycles. The highest BCUT2D eigenvalue weighted by atomic mass is 32.2. The number of sulfonamides is 1. The van der Waals surface area contributed by atoms with Crippen molar-refractivity contribution in [3.05, 3.63) is 34.4 Å². The molecule has 0 unspecified atom stereocenters. The minimum Gasteiger partial charge on any atom is -0.315 e. The molecule has 2 rings (SSSR count). The normalized spacial score (nSPS) is 21.1. The predicted octanol–water partition coefficient (Wildman–Crippen LogP) is 0.664. The van der Waals surface area contributed by atoms with Gasteiger partial charge < -0.3 is 5.73 Å². The van der Waals surface area contributed by atoms with Crippen molar-refractivity contribution >= 4 is 15.7 Å². The summed E-state index contributed by atoms with van der Waals surface area (Å²) < 4.78 is 25.7. The van der Waals surface area contributed by atoms with Crippen LogP contribution in [0.25, 0.3) is 0 Å². The predicted molar refractivity (Wildman–Crippen MR) is 64.2 cm³/mol. The van der Waals surface area contributed by atoms with Crippen molar-refractivity contribution in [3.8, 4) is 0 Å². The SMILES string of the molecule is N[C@@H]1CCCN1S(=O)(=O)c1ccccc1[N+](=O)[O-]. The average molecular weight is 271 g/mol. The first kappa shape index (κ1) is 12.9. The number of nitro groups is 1. The summed E-state index contributed by atoms with van der Waals surface area (Å²) in [5, 5.41) is 10.9. The van der Waals surface area contributed by atoms with Gasteiger partial charge in [0.1, 0.15) is 0 Å². The third-order valence-corrected chi connectivity index (χ3v) is 4.87. The Morgan fingerprint density at radius 3 is 2.61 bits per heavy atom. The molecule has 0 spiro atoms. The molecule has 98 valence electrons. The molecule has 0 radical (unpaired) electrons. The third kappa shape index (κ3) is 2.09. The molecule has 1 aromatic carbocycles. The van der Waals surface area contributed by atoms with E-state index >= 15 is 0 Å². The first-order valence-electron chi connectivity index (χ1n) is 5.45. The summed E-state index contributed by atoms with van der Waals surface area (Å²) in [6, 6.07) is 5.30. The average Bonchev–Trinajstić information content (AvgIpc) is 2.76. The van der Waals surface area contributed by atoms with Crippen LogP contribution in [0, 0.1) is 10.1 Å². The molecule has 1 atom stereocenters. The first-order chi connectivity index (χ1) is 8.44. The van der Waals surface area contributed by atoms with Crippen LogP contribution in [0.5, 0.6) is 0 Å². The van der Waals surface area contributed by atoms with E-state index in [4.69, 9.17) is 5.73 Å². The number of rotatable bonds is 3. The maximum atomic E-state index is 12.3. The van der Waals surface area contributed by atoms with Crippen molar-refractivity contribution in [2.45, 2.75) is 23.9 Å². The number of hydrogen-bond acceptors (Lipinski definition) is 5. The van der Waals surface area contributed by atoms with Gasteiger partial charge in [-0.05, 0) is 18.9 Å². The Morgan fingerprint density at radius 2 is 2.06 bits per heavy atom. The molecule has 1 aromatic rings. The van der Waals surface area contributed by atoms with Crippen LogP contribution < -0.4 is 5.73 Å². The van der Waals surface area contributed by atoms with Crippen LogP contribution in [0.1, 0.15) is 12.8 Å². The molecule has 1 aliphatic heterocycles. The second kappa shape index (κ2) is 4.63. The number of para-hydroxylation sites is 1. The molecule has 1 fully saturated rings. The van der Waals surface area contributed by atoms with E-state index in [2.05, 4.69) is 0 Å². The van der Waals surface area contributed by atoms with Gasteiger partial charge in [0.2, 0.25) is 0 Å². The summed E-state index contributed by atoms with van der Waals surface area (Å²) in [6.45, 7) is 0.301. The van der Waals surface area contributed by atoms with E-state index in [-0.39, 0.29) is 4.90 Å². The quantitative estimate of drug-likeness (QED) is 0.642. The summed E-state index contributed by atoms with van der Waals surface area (Å²) in [5.74, 6) is 0. The van der Waals surface area contributed by atoms with Crippen LogP contribution in [0.15, 0.2) is 29.2 Å². The van der Waals surface area contributed by atoms with Gasteiger partial charge in [-0.2, -0.15) is 4.31 Å². The Morgan fingerprint density at radius 1 is 1.39 bits per heavy atom. The van der Waals surface area contributed by atoms with Gasteiger partial charge in [0.15, 0.2) is 4.90 Å². The Bertz CT molecular complexity index is 572. The minimum absolute atomic E-state index is 0.299. The van der Waals surface area contributed by atoms with Gasteiger partial charge >= 0.3 is 0 Å². The van der Waals surface area contributed by atoms with Crippen LogP contribution >= 0.6 is 0 Å². The van der Waals surface area contributed by atoms with Crippen molar-refractivity contribution in [3.63, 3.8) is 0 Å². The van der Waals surface area contributed by atoms with Crippen molar-refractivity contribution in [2.75, 3.05) is 6.54 Å². The number of nitrogens with two attached hydrogens (primary N) is 1. The van der Waals surface area contributed by atoms with Gasteiger partial charge in [-0.3, -0.25) is 10.1 Å². The summed E-state index contributed by atoms with van der Waals surface area (Å²) in [4.78, 5) is 9.86. The Hall–Kier alpha value is -1.51. The molecule has 7 nitrogen and oxygen atoms in total. The van der Waals surface area contributed by atoms with E-state index in [9.17, 15) is 18.5 Å². The fourth-order valence-corrected chi connectivity index (χ4v) is 3.76. The summed E-state index contributed by atoms with van der Waals surface area (Å²) >= 11 is 0. The first-order valence-corrected chi connectivity index (χ1v) is 6.89. The van der Waals surface area contributed by atoms with Gasteiger partial charge in [-0.25, -0.2) is 8.42 Å². The highest BCUT2D eigenvalue weighted by Crippen LogP contribution is 2.29. The van der Waals surface area contributed by atoms with E-state index in [0.717, 1.165) is 4.31 Å². The molecule has 0 aliphatic carbocycles. The third-order valence-electron chi connectivity index (χ3n) is 2.90. The van der Waals surface area contributed by atoms with E-state index in [1.165, 1.54) is 24.3 Å². The molecule has 1 aliphatic rings. The molecular weight excluding hydrogens is 258 g/mol. The molecule has 2 N–H and O–H groups in total. The smallest absolute Gasteiger partial charge is 0.289 e. The summed E-state index contributed by atoms with van der Waals surface area (Å²) in [7, 11) is -3.90. The maximum Gasteiger partial charge on any atom is 0.289 e. The monoisotopic (exact) mass is 271 g/mol. The summed E-state index contributed by atoms with van der Waals surface area (Å²) in [6.07, 6.45) is 0.635. The summed E-state index contributed by atoms with van der Waals surface area (Å²) in [5.41, 5.74) is 5.29. The van der Waals surface area contributed by atoms with Crippen LogP contribution in [0.3, 0.4) is 0 Å². The van der Waals surface area contributed by atoms with Crippen LogP contribution in [0.2, 0.25) is 0 Å². The lowest BCUT2D eigenvalue weighted by atomic mass is 10.3. The fourth-order valence-electron chi connectivity index (χ4n) is 2.02. The van der Waals surface area contributed by atoms with Gasteiger partial charge in [-0.1, -0.05) is 12.1 Å². The van der Waals surface area contributed by atoms with Crippen molar-refractivity contribution in [1.82, 2.24) is 4.31 Å². The Kier molecular flexibility index (Phi) is 3.33. The Labute approximate surface area is 104 Å². The zero-order valence-corrected chi connectivity index (χ0v) is 10.3. The molecular formula is C10H13N3O4S. The number of nitro benzene ring substituents is 1. The van der Waals surface area contributed by atoms with E-state index in [0.29, 0.717) is 19.4 Å². The lowest BCUT2D eigenvalue weighted by molar-refractivity contribution is -0.387. The van der Waals surface area contributed by atoms with Crippen LogP contribution in [0.4, 0.5) is 5.69 Å². The second-order valence-electron chi connectivity index (χ2n) is 4.05. The number of benzene rings is 1. The topological polar surface area (TPSA) is 107 Å². The van der Waals surface area contributed by atoms with Gasteiger partial charge in [0.05, 0.1) is 11.1 Å². The standard InChI is InChI=1S/C10H13N3O4S/c11-10-6-3-7-12(10)18(16,17)9-5-2-1-4-8(9)13(14)15/h1-2,4-5,10H,3,6-7,11H2/t10-/m0/s1. The van der Waals surface area contributed by atoms with E-state index in [1.54, 1.807) is 0 Å². The molecule has 0 amide bonds. The number of nitrogens with zero attached hydrogens (tertiary/aromatic N) is 2. The molecule has 8 heteroatoms. The van der Waals surface area contributed by atoms with Gasteiger partial charge in [-0.15, -0.1) is 0 Å². The van der Waals surface area contributed by atoms with Gasteiger partial charge in [0.25, 0.3) is 15.7 Å². The Balaban J connectivity index is 2.51. The highest BCUT2D eigenvalue weighted by Gasteiger charge is 2.36. The van der Waals surface area contributed by atoms with Gasteiger partial charge in [0, 0.05) is 12.6 Å².